The second-order valence-electron chi connectivity index (χ2n) is 7.11. The normalized spacial score (nSPS) is 22.2. The number of amides is 2. The molecular formula is C19H27N3O2. The van der Waals surface area contributed by atoms with Crippen LogP contribution in [0.15, 0.2) is 18.2 Å². The lowest BCUT2D eigenvalue weighted by atomic mass is 9.87. The first-order valence-electron chi connectivity index (χ1n) is 9.17. The maximum absolute atomic E-state index is 12.7. The van der Waals surface area contributed by atoms with Crippen LogP contribution in [-0.2, 0) is 9.59 Å². The van der Waals surface area contributed by atoms with E-state index >= 15 is 0 Å². The van der Waals surface area contributed by atoms with E-state index in [0.29, 0.717) is 12.4 Å². The Morgan fingerprint density at radius 3 is 2.58 bits per heavy atom. The molecule has 5 nitrogen and oxygen atoms in total. The van der Waals surface area contributed by atoms with Gasteiger partial charge in [0.05, 0.1) is 5.92 Å². The Balaban J connectivity index is 1.58. The number of carbonyl (C=O) groups excluding carboxylic acids is 2. The predicted molar refractivity (Wildman–Crippen MR) is 93.5 cm³/mol. The van der Waals surface area contributed by atoms with Gasteiger partial charge in [-0.1, -0.05) is 25.3 Å². The number of hydrogen-bond acceptors (Lipinski definition) is 3. The zero-order valence-electron chi connectivity index (χ0n) is 14.5. The van der Waals surface area contributed by atoms with E-state index in [1.807, 2.05) is 24.0 Å². The monoisotopic (exact) mass is 329 g/mol. The number of anilines is 1. The van der Waals surface area contributed by atoms with E-state index in [1.165, 1.54) is 6.42 Å². The summed E-state index contributed by atoms with van der Waals surface area (Å²) in [4.78, 5) is 31.5. The van der Waals surface area contributed by atoms with Crippen LogP contribution in [-0.4, -0.2) is 34.8 Å². The van der Waals surface area contributed by atoms with Crippen molar-refractivity contribution in [3.63, 3.8) is 0 Å². The van der Waals surface area contributed by atoms with Gasteiger partial charge in [0.15, 0.2) is 0 Å². The van der Waals surface area contributed by atoms with E-state index in [4.69, 9.17) is 0 Å². The van der Waals surface area contributed by atoms with Gasteiger partial charge in [0.25, 0.3) is 0 Å². The van der Waals surface area contributed by atoms with Crippen LogP contribution in [0.4, 0.5) is 5.82 Å². The molecule has 24 heavy (non-hydrogen) atoms. The molecule has 1 saturated carbocycles. The molecule has 1 saturated heterocycles. The van der Waals surface area contributed by atoms with Crippen molar-refractivity contribution < 1.29 is 9.59 Å². The number of likely N-dealkylation sites (tertiary alicyclic amines) is 1. The molecule has 1 aromatic heterocycles. The molecule has 130 valence electrons. The summed E-state index contributed by atoms with van der Waals surface area (Å²) in [7, 11) is 0. The van der Waals surface area contributed by atoms with Gasteiger partial charge in [-0.15, -0.1) is 0 Å². The minimum Gasteiger partial charge on any atom is -0.342 e. The zero-order chi connectivity index (χ0) is 16.9. The number of nitrogens with one attached hydrogen (secondary N) is 1. The first-order valence-corrected chi connectivity index (χ1v) is 9.17. The molecule has 1 aliphatic carbocycles. The quantitative estimate of drug-likeness (QED) is 0.926. The summed E-state index contributed by atoms with van der Waals surface area (Å²) in [5.74, 6) is 0.887. The zero-order valence-corrected chi connectivity index (χ0v) is 14.5. The number of nitrogens with zero attached hydrogens (tertiary/aromatic N) is 2. The first kappa shape index (κ1) is 16.9. The molecule has 1 N–H and O–H groups in total. The fourth-order valence-electron chi connectivity index (χ4n) is 3.84. The van der Waals surface area contributed by atoms with E-state index in [1.54, 1.807) is 6.07 Å². The van der Waals surface area contributed by atoms with Crippen molar-refractivity contribution in [2.75, 3.05) is 18.4 Å². The number of aromatic nitrogens is 1. The molecular weight excluding hydrogens is 302 g/mol. The molecule has 1 aliphatic heterocycles. The predicted octanol–water partition coefficient (Wildman–Crippen LogP) is 3.15. The third-order valence-corrected chi connectivity index (χ3v) is 5.20. The summed E-state index contributed by atoms with van der Waals surface area (Å²) < 4.78 is 0. The highest BCUT2D eigenvalue weighted by atomic mass is 16.2. The van der Waals surface area contributed by atoms with Gasteiger partial charge in [-0.2, -0.15) is 0 Å². The lowest BCUT2D eigenvalue weighted by Crippen LogP contribution is -2.46. The van der Waals surface area contributed by atoms with Crippen molar-refractivity contribution in [3.05, 3.63) is 23.9 Å². The molecule has 0 radical (unpaired) electrons. The smallest absolute Gasteiger partial charge is 0.230 e. The molecule has 0 aromatic carbocycles. The molecule has 2 heterocycles. The Labute approximate surface area is 143 Å². The molecule has 5 heteroatoms. The summed E-state index contributed by atoms with van der Waals surface area (Å²) >= 11 is 0. The molecule has 2 aliphatic rings. The fraction of sp³-hybridized carbons (Fsp3) is 0.632. The van der Waals surface area contributed by atoms with Crippen molar-refractivity contribution in [1.82, 2.24) is 9.88 Å². The number of rotatable bonds is 3. The van der Waals surface area contributed by atoms with Crippen LogP contribution in [0.2, 0.25) is 0 Å². The van der Waals surface area contributed by atoms with Crippen molar-refractivity contribution in [2.24, 2.45) is 11.8 Å². The van der Waals surface area contributed by atoms with Crippen molar-refractivity contribution in [3.8, 4) is 0 Å². The SMILES string of the molecule is Cc1cccc(NC(=O)[C@@H]2CCCN(C(=O)C3CCCCC3)C2)n1. The first-order chi connectivity index (χ1) is 11.6. The highest BCUT2D eigenvalue weighted by Crippen LogP contribution is 2.27. The summed E-state index contributed by atoms with van der Waals surface area (Å²) in [6.07, 6.45) is 7.33. The fourth-order valence-corrected chi connectivity index (χ4v) is 3.84. The molecule has 1 aromatic rings. The number of carbonyl (C=O) groups is 2. The van der Waals surface area contributed by atoms with Crippen LogP contribution in [0.25, 0.3) is 0 Å². The summed E-state index contributed by atoms with van der Waals surface area (Å²) in [6.45, 7) is 3.25. The molecule has 0 unspecified atom stereocenters. The van der Waals surface area contributed by atoms with E-state index in [9.17, 15) is 9.59 Å². The van der Waals surface area contributed by atoms with Crippen LogP contribution in [0.1, 0.15) is 50.6 Å². The summed E-state index contributed by atoms with van der Waals surface area (Å²) in [5, 5.41) is 2.90. The molecule has 0 bridgehead atoms. The van der Waals surface area contributed by atoms with E-state index in [0.717, 1.165) is 50.8 Å². The largest absolute Gasteiger partial charge is 0.342 e. The Bertz CT molecular complexity index is 596. The number of aryl methyl sites for hydroxylation is 1. The second kappa shape index (κ2) is 7.77. The van der Waals surface area contributed by atoms with Crippen LogP contribution in [0.3, 0.4) is 0 Å². The molecule has 3 rings (SSSR count). The van der Waals surface area contributed by atoms with Gasteiger partial charge in [0, 0.05) is 24.7 Å². The Hall–Kier alpha value is -1.91. The van der Waals surface area contributed by atoms with E-state index < -0.39 is 0 Å². The standard InChI is InChI=1S/C19H27N3O2/c1-14-7-5-11-17(20-14)21-18(23)16-10-6-12-22(13-16)19(24)15-8-3-2-4-9-15/h5,7,11,15-16H,2-4,6,8-10,12-13H2,1H3,(H,20,21,23)/t16-/m1/s1. The molecule has 0 spiro atoms. The van der Waals surface area contributed by atoms with Crippen LogP contribution in [0, 0.1) is 18.8 Å². The van der Waals surface area contributed by atoms with Crippen molar-refractivity contribution in [2.45, 2.75) is 51.9 Å². The van der Waals surface area contributed by atoms with Crippen LogP contribution in [0.5, 0.6) is 0 Å². The average molecular weight is 329 g/mol. The lowest BCUT2D eigenvalue weighted by Gasteiger charge is -2.35. The maximum atomic E-state index is 12.7. The maximum Gasteiger partial charge on any atom is 0.230 e. The lowest BCUT2D eigenvalue weighted by molar-refractivity contribution is -0.139. The highest BCUT2D eigenvalue weighted by molar-refractivity contribution is 5.92. The second-order valence-corrected chi connectivity index (χ2v) is 7.11. The van der Waals surface area contributed by atoms with Crippen molar-refractivity contribution in [1.29, 1.82) is 0 Å². The van der Waals surface area contributed by atoms with Crippen molar-refractivity contribution >= 4 is 17.6 Å². The average Bonchev–Trinajstić information content (AvgIpc) is 2.62. The van der Waals surface area contributed by atoms with Gasteiger partial charge in [-0.25, -0.2) is 4.98 Å². The molecule has 1 atom stereocenters. The van der Waals surface area contributed by atoms with Crippen LogP contribution < -0.4 is 5.32 Å². The van der Waals surface area contributed by atoms with Gasteiger partial charge < -0.3 is 10.2 Å². The third-order valence-electron chi connectivity index (χ3n) is 5.20. The number of pyridine rings is 1. The van der Waals surface area contributed by atoms with Gasteiger partial charge in [0.1, 0.15) is 5.82 Å². The van der Waals surface area contributed by atoms with Gasteiger partial charge >= 0.3 is 0 Å². The van der Waals surface area contributed by atoms with Gasteiger partial charge in [0.2, 0.25) is 11.8 Å². The van der Waals surface area contributed by atoms with Gasteiger partial charge in [-0.3, -0.25) is 9.59 Å². The minimum absolute atomic E-state index is 0.0192. The molecule has 2 amide bonds. The Kier molecular flexibility index (Phi) is 5.48. The topological polar surface area (TPSA) is 62.3 Å². The summed E-state index contributed by atoms with van der Waals surface area (Å²) in [5.41, 5.74) is 0.880. The van der Waals surface area contributed by atoms with Crippen LogP contribution >= 0.6 is 0 Å². The highest BCUT2D eigenvalue weighted by Gasteiger charge is 2.32. The Morgan fingerprint density at radius 1 is 1.08 bits per heavy atom. The summed E-state index contributed by atoms with van der Waals surface area (Å²) in [6, 6.07) is 5.59. The molecule has 2 fully saturated rings. The Morgan fingerprint density at radius 2 is 1.83 bits per heavy atom. The number of hydrogen-bond donors (Lipinski definition) is 1. The minimum atomic E-state index is -0.131. The number of piperidine rings is 1. The van der Waals surface area contributed by atoms with Gasteiger partial charge in [-0.05, 0) is 44.7 Å². The van der Waals surface area contributed by atoms with E-state index in [-0.39, 0.29) is 23.7 Å². The van der Waals surface area contributed by atoms with E-state index in [2.05, 4.69) is 10.3 Å². The third kappa shape index (κ3) is 4.13.